The van der Waals surface area contributed by atoms with Gasteiger partial charge in [-0.25, -0.2) is 0 Å². The lowest BCUT2D eigenvalue weighted by molar-refractivity contribution is 0.0690. The van der Waals surface area contributed by atoms with Gasteiger partial charge in [0.25, 0.3) is 5.91 Å². The molecule has 0 N–H and O–H groups in total. The molecule has 3 aromatic rings. The Morgan fingerprint density at radius 3 is 2.50 bits per heavy atom. The monoisotopic (exact) mass is 339 g/mol. The van der Waals surface area contributed by atoms with Gasteiger partial charge in [-0.3, -0.25) is 14.8 Å². The van der Waals surface area contributed by atoms with E-state index >= 15 is 0 Å². The largest absolute Gasteiger partial charge is 0.332 e. The molecular weight excluding hydrogens is 322 g/mol. The van der Waals surface area contributed by atoms with Gasteiger partial charge in [-0.05, 0) is 43.7 Å². The normalized spacial score (nSPS) is 11.0. The average molecular weight is 340 g/mol. The molecule has 1 heterocycles. The van der Waals surface area contributed by atoms with Gasteiger partial charge in [0, 0.05) is 35.6 Å². The van der Waals surface area contributed by atoms with Crippen LogP contribution in [0.25, 0.3) is 11.0 Å². The number of rotatable bonds is 4. The predicted molar refractivity (Wildman–Crippen MR) is 96.0 cm³/mol. The summed E-state index contributed by atoms with van der Waals surface area (Å²) in [7, 11) is 0. The topological polar surface area (TPSA) is 46.1 Å². The molecule has 0 saturated heterocycles. The van der Waals surface area contributed by atoms with Crippen molar-refractivity contribution in [3.63, 3.8) is 0 Å². The first-order valence-electron chi connectivity index (χ1n) is 7.81. The van der Waals surface area contributed by atoms with Crippen LogP contribution in [-0.4, -0.2) is 26.8 Å². The minimum Gasteiger partial charge on any atom is -0.332 e. The van der Waals surface area contributed by atoms with E-state index in [4.69, 9.17) is 11.6 Å². The van der Waals surface area contributed by atoms with Crippen molar-refractivity contribution in [1.82, 2.24) is 14.9 Å². The summed E-state index contributed by atoms with van der Waals surface area (Å²) in [6.07, 6.45) is 3.27. The zero-order chi connectivity index (χ0) is 17.1. The quantitative estimate of drug-likeness (QED) is 0.710. The maximum atomic E-state index is 13.0. The van der Waals surface area contributed by atoms with Gasteiger partial charge in [-0.1, -0.05) is 29.8 Å². The van der Waals surface area contributed by atoms with Crippen LogP contribution in [0.3, 0.4) is 0 Å². The number of hydrogen-bond acceptors (Lipinski definition) is 3. The second-order valence-corrected chi connectivity index (χ2v) is 6.29. The Labute approximate surface area is 146 Å². The van der Waals surface area contributed by atoms with Crippen LogP contribution in [0.1, 0.15) is 29.8 Å². The molecule has 0 spiro atoms. The van der Waals surface area contributed by atoms with Crippen molar-refractivity contribution in [2.75, 3.05) is 0 Å². The first-order valence-corrected chi connectivity index (χ1v) is 8.19. The van der Waals surface area contributed by atoms with Gasteiger partial charge < -0.3 is 4.90 Å². The fraction of sp³-hybridized carbons (Fsp3) is 0.211. The van der Waals surface area contributed by atoms with Crippen molar-refractivity contribution >= 4 is 28.5 Å². The van der Waals surface area contributed by atoms with E-state index < -0.39 is 0 Å². The summed E-state index contributed by atoms with van der Waals surface area (Å²) in [6.45, 7) is 4.46. The van der Waals surface area contributed by atoms with E-state index in [2.05, 4.69) is 9.97 Å². The molecule has 1 amide bonds. The molecule has 0 radical (unpaired) electrons. The lowest BCUT2D eigenvalue weighted by Gasteiger charge is -2.27. The highest BCUT2D eigenvalue weighted by Crippen LogP contribution is 2.21. The average Bonchev–Trinajstić information content (AvgIpc) is 2.59. The summed E-state index contributed by atoms with van der Waals surface area (Å²) in [5.41, 5.74) is 3.02. The molecule has 0 aliphatic rings. The Balaban J connectivity index is 1.92. The number of hydrogen-bond donors (Lipinski definition) is 0. The standard InChI is InChI=1S/C19H18ClN3O/c1-13(2)23(12-15-5-3-4-6-16(15)20)19(24)14-7-8-17-18(11-14)22-10-9-21-17/h3-11,13H,12H2,1-2H3. The Kier molecular flexibility index (Phi) is 4.76. The summed E-state index contributed by atoms with van der Waals surface area (Å²) in [5.74, 6) is -0.0440. The van der Waals surface area contributed by atoms with E-state index in [0.29, 0.717) is 22.6 Å². The summed E-state index contributed by atoms with van der Waals surface area (Å²) >= 11 is 6.25. The number of nitrogens with zero attached hydrogens (tertiary/aromatic N) is 3. The van der Waals surface area contributed by atoms with Gasteiger partial charge in [-0.2, -0.15) is 0 Å². The third-order valence-corrected chi connectivity index (χ3v) is 4.27. The van der Waals surface area contributed by atoms with Gasteiger partial charge in [0.2, 0.25) is 0 Å². The number of halogens is 1. The van der Waals surface area contributed by atoms with E-state index in [0.717, 1.165) is 11.1 Å². The molecule has 0 aliphatic heterocycles. The van der Waals surface area contributed by atoms with Crippen LogP contribution in [0.15, 0.2) is 54.9 Å². The Morgan fingerprint density at radius 1 is 1.08 bits per heavy atom. The molecule has 0 bridgehead atoms. The molecule has 5 heteroatoms. The molecule has 0 aliphatic carbocycles. The number of benzene rings is 2. The zero-order valence-electron chi connectivity index (χ0n) is 13.6. The fourth-order valence-corrected chi connectivity index (χ4v) is 2.76. The summed E-state index contributed by atoms with van der Waals surface area (Å²) in [6, 6.07) is 13.0. The number of aromatic nitrogens is 2. The molecule has 2 aromatic carbocycles. The molecule has 4 nitrogen and oxygen atoms in total. The van der Waals surface area contributed by atoms with Crippen LogP contribution in [0.2, 0.25) is 5.02 Å². The van der Waals surface area contributed by atoms with Crippen LogP contribution in [0.5, 0.6) is 0 Å². The van der Waals surface area contributed by atoms with Gasteiger partial charge in [-0.15, -0.1) is 0 Å². The smallest absolute Gasteiger partial charge is 0.254 e. The summed E-state index contributed by atoms with van der Waals surface area (Å²) in [4.78, 5) is 23.3. The zero-order valence-corrected chi connectivity index (χ0v) is 14.4. The van der Waals surface area contributed by atoms with Crippen molar-refractivity contribution in [2.45, 2.75) is 26.4 Å². The lowest BCUT2D eigenvalue weighted by atomic mass is 10.1. The highest BCUT2D eigenvalue weighted by atomic mass is 35.5. The Bertz CT molecular complexity index is 879. The number of fused-ring (bicyclic) bond motifs is 1. The van der Waals surface area contributed by atoms with Gasteiger partial charge in [0.05, 0.1) is 11.0 Å². The molecule has 0 unspecified atom stereocenters. The number of amides is 1. The van der Waals surface area contributed by atoms with Crippen molar-refractivity contribution < 1.29 is 4.79 Å². The van der Waals surface area contributed by atoms with Crippen LogP contribution in [0, 0.1) is 0 Å². The Morgan fingerprint density at radius 2 is 1.79 bits per heavy atom. The maximum Gasteiger partial charge on any atom is 0.254 e. The van der Waals surface area contributed by atoms with Crippen LogP contribution in [-0.2, 0) is 6.54 Å². The number of carbonyl (C=O) groups is 1. The first kappa shape index (κ1) is 16.4. The molecule has 0 fully saturated rings. The minimum absolute atomic E-state index is 0.0440. The third-order valence-electron chi connectivity index (χ3n) is 3.90. The highest BCUT2D eigenvalue weighted by molar-refractivity contribution is 6.31. The molecule has 24 heavy (non-hydrogen) atoms. The molecular formula is C19H18ClN3O. The second-order valence-electron chi connectivity index (χ2n) is 5.88. The second kappa shape index (κ2) is 6.97. The van der Waals surface area contributed by atoms with E-state index in [1.807, 2.05) is 44.2 Å². The van der Waals surface area contributed by atoms with E-state index in [1.165, 1.54) is 0 Å². The van der Waals surface area contributed by atoms with Crippen LogP contribution in [0.4, 0.5) is 0 Å². The van der Waals surface area contributed by atoms with Crippen molar-refractivity contribution in [2.24, 2.45) is 0 Å². The lowest BCUT2D eigenvalue weighted by Crippen LogP contribution is -2.36. The highest BCUT2D eigenvalue weighted by Gasteiger charge is 2.20. The third kappa shape index (κ3) is 3.39. The first-order chi connectivity index (χ1) is 11.6. The van der Waals surface area contributed by atoms with E-state index in [1.54, 1.807) is 29.4 Å². The molecule has 3 rings (SSSR count). The molecule has 0 atom stereocenters. The predicted octanol–water partition coefficient (Wildman–Crippen LogP) is 4.33. The summed E-state index contributed by atoms with van der Waals surface area (Å²) < 4.78 is 0. The van der Waals surface area contributed by atoms with Gasteiger partial charge >= 0.3 is 0 Å². The number of carbonyl (C=O) groups excluding carboxylic acids is 1. The van der Waals surface area contributed by atoms with E-state index in [-0.39, 0.29) is 11.9 Å². The SMILES string of the molecule is CC(C)N(Cc1ccccc1Cl)C(=O)c1ccc2nccnc2c1. The maximum absolute atomic E-state index is 13.0. The van der Waals surface area contributed by atoms with Gasteiger partial charge in [0.15, 0.2) is 0 Å². The fourth-order valence-electron chi connectivity index (χ4n) is 2.56. The Hall–Kier alpha value is -2.46. The van der Waals surface area contributed by atoms with Crippen LogP contribution >= 0.6 is 11.6 Å². The van der Waals surface area contributed by atoms with Crippen molar-refractivity contribution in [1.29, 1.82) is 0 Å². The summed E-state index contributed by atoms with van der Waals surface area (Å²) in [5, 5.41) is 0.667. The van der Waals surface area contributed by atoms with Crippen LogP contribution < -0.4 is 0 Å². The minimum atomic E-state index is -0.0440. The van der Waals surface area contributed by atoms with Crippen molar-refractivity contribution in [3.8, 4) is 0 Å². The van der Waals surface area contributed by atoms with Crippen molar-refractivity contribution in [3.05, 3.63) is 71.0 Å². The molecule has 1 aromatic heterocycles. The molecule has 0 saturated carbocycles. The van der Waals surface area contributed by atoms with Gasteiger partial charge in [0.1, 0.15) is 0 Å². The van der Waals surface area contributed by atoms with E-state index in [9.17, 15) is 4.79 Å². The molecule has 122 valence electrons.